The van der Waals surface area contributed by atoms with Crippen molar-refractivity contribution in [3.05, 3.63) is 21.9 Å². The van der Waals surface area contributed by atoms with E-state index in [4.69, 9.17) is 0 Å². The van der Waals surface area contributed by atoms with Crippen LogP contribution in [0.3, 0.4) is 0 Å². The van der Waals surface area contributed by atoms with Gasteiger partial charge in [0.1, 0.15) is 0 Å². The minimum absolute atomic E-state index is 0.432. The molecule has 0 fully saturated rings. The molecular weight excluding hydrogens is 196 g/mol. The number of halogens is 2. The Balaban J connectivity index is 2.49. The van der Waals surface area contributed by atoms with Crippen molar-refractivity contribution in [2.75, 3.05) is 6.54 Å². The van der Waals surface area contributed by atoms with Crippen LogP contribution in [0.5, 0.6) is 0 Å². The van der Waals surface area contributed by atoms with Gasteiger partial charge in [-0.3, -0.25) is 4.79 Å². The van der Waals surface area contributed by atoms with Crippen LogP contribution in [0.25, 0.3) is 0 Å². The van der Waals surface area contributed by atoms with Crippen LogP contribution in [0.4, 0.5) is 8.78 Å². The summed E-state index contributed by atoms with van der Waals surface area (Å²) in [4.78, 5) is 11.6. The number of carbonyl (C=O) groups excluding carboxylic acids is 1. The Morgan fingerprint density at radius 2 is 2.38 bits per heavy atom. The fraction of sp³-hybridized carbons (Fsp3) is 0.375. The molecule has 1 rings (SSSR count). The number of hydrogen-bond donors (Lipinski definition) is 1. The molecule has 5 heteroatoms. The van der Waals surface area contributed by atoms with Crippen LogP contribution >= 0.6 is 11.3 Å². The Morgan fingerprint density at radius 3 is 2.85 bits per heavy atom. The number of aryl methyl sites for hydroxylation is 1. The molecule has 0 radical (unpaired) electrons. The van der Waals surface area contributed by atoms with Gasteiger partial charge in [0.25, 0.3) is 12.3 Å². The zero-order chi connectivity index (χ0) is 9.84. The first-order valence-electron chi connectivity index (χ1n) is 3.71. The van der Waals surface area contributed by atoms with Crippen molar-refractivity contribution in [2.45, 2.75) is 13.3 Å². The largest absolute Gasteiger partial charge is 0.346 e. The van der Waals surface area contributed by atoms with Gasteiger partial charge in [0, 0.05) is 0 Å². The third-order valence-electron chi connectivity index (χ3n) is 1.37. The summed E-state index contributed by atoms with van der Waals surface area (Å²) in [5.74, 6) is -0.432. The lowest BCUT2D eigenvalue weighted by atomic mass is 10.3. The van der Waals surface area contributed by atoms with Crippen molar-refractivity contribution < 1.29 is 13.6 Å². The van der Waals surface area contributed by atoms with E-state index in [0.717, 1.165) is 5.56 Å². The van der Waals surface area contributed by atoms with Gasteiger partial charge in [-0.1, -0.05) is 0 Å². The number of rotatable bonds is 3. The van der Waals surface area contributed by atoms with Gasteiger partial charge in [-0.15, -0.1) is 11.3 Å². The summed E-state index contributed by atoms with van der Waals surface area (Å²) in [6, 6.07) is 1.67. The maximum absolute atomic E-state index is 11.7. The fourth-order valence-electron chi connectivity index (χ4n) is 0.807. The van der Waals surface area contributed by atoms with Gasteiger partial charge in [0.05, 0.1) is 11.4 Å². The molecule has 0 aromatic carbocycles. The SMILES string of the molecule is Cc1csc(C(=O)NCC(F)F)c1. The van der Waals surface area contributed by atoms with E-state index in [0.29, 0.717) is 4.88 Å². The monoisotopic (exact) mass is 205 g/mol. The molecule has 72 valence electrons. The maximum atomic E-state index is 11.7. The second kappa shape index (κ2) is 4.32. The highest BCUT2D eigenvalue weighted by molar-refractivity contribution is 7.12. The zero-order valence-electron chi connectivity index (χ0n) is 7.01. The van der Waals surface area contributed by atoms with E-state index in [9.17, 15) is 13.6 Å². The van der Waals surface area contributed by atoms with Gasteiger partial charge in [-0.05, 0) is 23.9 Å². The third kappa shape index (κ3) is 3.10. The summed E-state index contributed by atoms with van der Waals surface area (Å²) in [5.41, 5.74) is 0.965. The number of carbonyl (C=O) groups is 1. The molecule has 1 amide bonds. The predicted molar refractivity (Wildman–Crippen MR) is 47.4 cm³/mol. The maximum Gasteiger partial charge on any atom is 0.261 e. The number of hydrogen-bond acceptors (Lipinski definition) is 2. The van der Waals surface area contributed by atoms with Crippen LogP contribution in [0.15, 0.2) is 11.4 Å². The Bertz CT molecular complexity index is 298. The van der Waals surface area contributed by atoms with Crippen molar-refractivity contribution in [2.24, 2.45) is 0 Å². The number of alkyl halides is 2. The van der Waals surface area contributed by atoms with Gasteiger partial charge in [0.15, 0.2) is 0 Å². The second-order valence-electron chi connectivity index (χ2n) is 2.59. The summed E-state index contributed by atoms with van der Waals surface area (Å²) in [6.45, 7) is 1.26. The van der Waals surface area contributed by atoms with E-state index in [1.807, 2.05) is 6.92 Å². The first-order chi connectivity index (χ1) is 6.09. The minimum atomic E-state index is -2.50. The van der Waals surface area contributed by atoms with Gasteiger partial charge in [-0.25, -0.2) is 8.78 Å². The molecular formula is C8H9F2NOS. The molecule has 1 aromatic rings. The van der Waals surface area contributed by atoms with Gasteiger partial charge >= 0.3 is 0 Å². The number of amides is 1. The summed E-state index contributed by atoms with van der Waals surface area (Å²) in [7, 11) is 0. The molecule has 0 bridgehead atoms. The van der Waals surface area contributed by atoms with Crippen molar-refractivity contribution in [1.82, 2.24) is 5.32 Å². The summed E-state index contributed by atoms with van der Waals surface area (Å²) < 4.78 is 23.4. The number of nitrogens with one attached hydrogen (secondary N) is 1. The molecule has 0 saturated heterocycles. The van der Waals surface area contributed by atoms with Crippen LogP contribution in [-0.2, 0) is 0 Å². The molecule has 0 aliphatic rings. The van der Waals surface area contributed by atoms with Gasteiger partial charge in [0.2, 0.25) is 0 Å². The number of thiophene rings is 1. The lowest BCUT2D eigenvalue weighted by Crippen LogP contribution is -2.27. The van der Waals surface area contributed by atoms with Crippen LogP contribution in [0.1, 0.15) is 15.2 Å². The van der Waals surface area contributed by atoms with E-state index in [-0.39, 0.29) is 0 Å². The molecule has 2 nitrogen and oxygen atoms in total. The normalized spacial score (nSPS) is 10.5. The first-order valence-corrected chi connectivity index (χ1v) is 4.59. The standard InChI is InChI=1S/C8H9F2NOS/c1-5-2-6(13-4-5)8(12)11-3-7(9)10/h2,4,7H,3H2,1H3,(H,11,12). The van der Waals surface area contributed by atoms with Crippen LogP contribution in [-0.4, -0.2) is 18.9 Å². The highest BCUT2D eigenvalue weighted by atomic mass is 32.1. The summed E-state index contributed by atoms with van der Waals surface area (Å²) in [5, 5.41) is 3.94. The van der Waals surface area contributed by atoms with Crippen LogP contribution in [0.2, 0.25) is 0 Å². The average Bonchev–Trinajstić information content (AvgIpc) is 2.47. The molecule has 0 aliphatic heterocycles. The molecule has 0 unspecified atom stereocenters. The summed E-state index contributed by atoms with van der Waals surface area (Å²) >= 11 is 1.25. The molecule has 1 aromatic heterocycles. The average molecular weight is 205 g/mol. The van der Waals surface area contributed by atoms with Crippen molar-refractivity contribution in [3.8, 4) is 0 Å². The van der Waals surface area contributed by atoms with Crippen molar-refractivity contribution >= 4 is 17.2 Å². The highest BCUT2D eigenvalue weighted by Crippen LogP contribution is 2.13. The molecule has 0 saturated carbocycles. The first kappa shape index (κ1) is 10.1. The fourth-order valence-corrected chi connectivity index (χ4v) is 1.62. The molecule has 1 N–H and O–H groups in total. The minimum Gasteiger partial charge on any atom is -0.346 e. The molecule has 0 aliphatic carbocycles. The van der Waals surface area contributed by atoms with E-state index < -0.39 is 18.9 Å². The lowest BCUT2D eigenvalue weighted by Gasteiger charge is -2.00. The van der Waals surface area contributed by atoms with Crippen LogP contribution < -0.4 is 5.32 Å². The van der Waals surface area contributed by atoms with Crippen LogP contribution in [0, 0.1) is 6.92 Å². The topological polar surface area (TPSA) is 29.1 Å². The molecule has 0 spiro atoms. The van der Waals surface area contributed by atoms with Crippen molar-refractivity contribution in [3.63, 3.8) is 0 Å². The smallest absolute Gasteiger partial charge is 0.261 e. The van der Waals surface area contributed by atoms with Gasteiger partial charge in [-0.2, -0.15) is 0 Å². The highest BCUT2D eigenvalue weighted by Gasteiger charge is 2.09. The second-order valence-corrected chi connectivity index (χ2v) is 3.50. The lowest BCUT2D eigenvalue weighted by molar-refractivity contribution is 0.0895. The predicted octanol–water partition coefficient (Wildman–Crippen LogP) is 2.05. The van der Waals surface area contributed by atoms with E-state index in [2.05, 4.69) is 5.32 Å². The molecule has 0 atom stereocenters. The Hall–Kier alpha value is -0.970. The zero-order valence-corrected chi connectivity index (χ0v) is 7.83. The quantitative estimate of drug-likeness (QED) is 0.804. The summed E-state index contributed by atoms with van der Waals surface area (Å²) in [6.07, 6.45) is -2.50. The third-order valence-corrected chi connectivity index (χ3v) is 2.42. The van der Waals surface area contributed by atoms with Crippen molar-refractivity contribution in [1.29, 1.82) is 0 Å². The van der Waals surface area contributed by atoms with E-state index in [1.165, 1.54) is 11.3 Å². The molecule has 13 heavy (non-hydrogen) atoms. The Kier molecular flexibility index (Phi) is 3.36. The van der Waals surface area contributed by atoms with E-state index >= 15 is 0 Å². The van der Waals surface area contributed by atoms with E-state index in [1.54, 1.807) is 11.4 Å². The molecule has 1 heterocycles. The van der Waals surface area contributed by atoms with Gasteiger partial charge < -0.3 is 5.32 Å². The Morgan fingerprint density at radius 1 is 1.69 bits per heavy atom. The Labute approximate surface area is 78.6 Å².